The minimum absolute atomic E-state index is 0.354. The smallest absolute Gasteiger partial charge is 0.241 e. The van der Waals surface area contributed by atoms with Crippen LogP contribution in [0.1, 0.15) is 23.1 Å². The highest BCUT2D eigenvalue weighted by Crippen LogP contribution is 2.21. The fourth-order valence-corrected chi connectivity index (χ4v) is 4.25. The fraction of sp³-hybridized carbons (Fsp3) is 0.400. The Morgan fingerprint density at radius 3 is 2.41 bits per heavy atom. The van der Waals surface area contributed by atoms with Crippen molar-refractivity contribution in [1.29, 1.82) is 0 Å². The number of aryl methyl sites for hydroxylation is 4. The summed E-state index contributed by atoms with van der Waals surface area (Å²) < 4.78 is 29.2. The molecule has 2 aromatic rings. The van der Waals surface area contributed by atoms with Crippen molar-refractivity contribution >= 4 is 21.6 Å². The fourth-order valence-electron chi connectivity index (χ4n) is 2.57. The van der Waals surface area contributed by atoms with Crippen molar-refractivity contribution in [1.82, 2.24) is 14.5 Å². The second kappa shape index (κ2) is 6.81. The van der Waals surface area contributed by atoms with Crippen LogP contribution in [-0.2, 0) is 16.6 Å². The topological polar surface area (TPSA) is 64.0 Å². The second-order valence-corrected chi connectivity index (χ2v) is 7.54. The number of hydrogen-bond acceptors (Lipinski definition) is 3. The van der Waals surface area contributed by atoms with Gasteiger partial charge in [-0.15, -0.1) is 0 Å². The molecule has 0 spiro atoms. The Morgan fingerprint density at radius 2 is 1.86 bits per heavy atom. The second-order valence-electron chi connectivity index (χ2n) is 5.40. The summed E-state index contributed by atoms with van der Waals surface area (Å²) in [6, 6.07) is 3.76. The first kappa shape index (κ1) is 17.0. The van der Waals surface area contributed by atoms with Gasteiger partial charge < -0.3 is 0 Å². The van der Waals surface area contributed by atoms with Gasteiger partial charge in [0.25, 0.3) is 0 Å². The van der Waals surface area contributed by atoms with E-state index in [4.69, 9.17) is 11.6 Å². The van der Waals surface area contributed by atoms with Crippen LogP contribution in [0.25, 0.3) is 0 Å². The lowest BCUT2D eigenvalue weighted by atomic mass is 10.1. The lowest BCUT2D eigenvalue weighted by Crippen LogP contribution is -2.27. The lowest BCUT2D eigenvalue weighted by Gasteiger charge is -2.13. The van der Waals surface area contributed by atoms with Gasteiger partial charge in [-0.25, -0.2) is 13.1 Å². The van der Waals surface area contributed by atoms with Gasteiger partial charge in [0.2, 0.25) is 10.0 Å². The summed E-state index contributed by atoms with van der Waals surface area (Å²) in [7, 11) is -3.49. The van der Waals surface area contributed by atoms with Gasteiger partial charge in [0.15, 0.2) is 0 Å². The number of hydrogen-bond donors (Lipinski definition) is 1. The zero-order valence-corrected chi connectivity index (χ0v) is 14.5. The molecule has 0 aliphatic heterocycles. The molecule has 1 heterocycles. The molecular formula is C15H20ClN3O2S. The van der Waals surface area contributed by atoms with E-state index in [2.05, 4.69) is 9.82 Å². The molecule has 22 heavy (non-hydrogen) atoms. The molecule has 0 atom stereocenters. The maximum absolute atomic E-state index is 12.4. The third kappa shape index (κ3) is 4.09. The quantitative estimate of drug-likeness (QED) is 0.822. The highest BCUT2D eigenvalue weighted by molar-refractivity contribution is 7.89. The summed E-state index contributed by atoms with van der Waals surface area (Å²) >= 11 is 5.78. The van der Waals surface area contributed by atoms with Gasteiger partial charge in [-0.1, -0.05) is 29.3 Å². The Hall–Kier alpha value is -1.37. The van der Waals surface area contributed by atoms with Crippen LogP contribution in [0.4, 0.5) is 0 Å². The molecule has 2 rings (SSSR count). The number of nitrogens with one attached hydrogen (secondary N) is 1. The van der Waals surface area contributed by atoms with Crippen LogP contribution in [0.2, 0.25) is 5.02 Å². The molecule has 0 fully saturated rings. The summed E-state index contributed by atoms with van der Waals surface area (Å²) in [4.78, 5) is 0.375. The number of halogens is 1. The van der Waals surface area contributed by atoms with Crippen molar-refractivity contribution in [2.24, 2.45) is 0 Å². The maximum atomic E-state index is 12.4. The van der Waals surface area contributed by atoms with E-state index in [1.807, 2.05) is 32.9 Å². The largest absolute Gasteiger partial charge is 0.271 e. The van der Waals surface area contributed by atoms with Gasteiger partial charge in [-0.2, -0.15) is 5.10 Å². The van der Waals surface area contributed by atoms with Crippen LogP contribution in [0.5, 0.6) is 0 Å². The standard InChI is InChI=1S/C15H20ClN3O2S/c1-11-7-12(2)15(13(3)8-11)22(20,21)18-5-4-6-19-10-14(16)9-17-19/h7-10,18H,4-6H2,1-3H3. The molecule has 120 valence electrons. The van der Waals surface area contributed by atoms with E-state index in [1.54, 1.807) is 17.1 Å². The van der Waals surface area contributed by atoms with Crippen LogP contribution < -0.4 is 4.72 Å². The number of aromatic nitrogens is 2. The summed E-state index contributed by atoms with van der Waals surface area (Å²) in [6.07, 6.45) is 3.91. The van der Waals surface area contributed by atoms with E-state index in [0.29, 0.717) is 29.4 Å². The predicted octanol–water partition coefficient (Wildman–Crippen LogP) is 2.83. The first-order chi connectivity index (χ1) is 10.3. The van der Waals surface area contributed by atoms with E-state index in [9.17, 15) is 8.42 Å². The molecule has 0 bridgehead atoms. The van der Waals surface area contributed by atoms with Gasteiger partial charge in [-0.05, 0) is 38.3 Å². The zero-order valence-electron chi connectivity index (χ0n) is 12.9. The van der Waals surface area contributed by atoms with Crippen molar-refractivity contribution in [3.63, 3.8) is 0 Å². The van der Waals surface area contributed by atoms with Crippen LogP contribution in [0.3, 0.4) is 0 Å². The molecule has 5 nitrogen and oxygen atoms in total. The molecule has 0 aliphatic carbocycles. The molecule has 0 saturated carbocycles. The van der Waals surface area contributed by atoms with Crippen molar-refractivity contribution in [2.75, 3.05) is 6.54 Å². The summed E-state index contributed by atoms with van der Waals surface area (Å²) in [6.45, 7) is 6.56. The number of nitrogens with zero attached hydrogens (tertiary/aromatic N) is 2. The average molecular weight is 342 g/mol. The normalized spacial score (nSPS) is 11.8. The molecule has 0 aliphatic rings. The molecule has 0 amide bonds. The van der Waals surface area contributed by atoms with E-state index in [-0.39, 0.29) is 0 Å². The van der Waals surface area contributed by atoms with Gasteiger partial charge in [-0.3, -0.25) is 4.68 Å². The van der Waals surface area contributed by atoms with E-state index in [0.717, 1.165) is 16.7 Å². The lowest BCUT2D eigenvalue weighted by molar-refractivity contribution is 0.552. The average Bonchev–Trinajstić information content (AvgIpc) is 2.79. The highest BCUT2D eigenvalue weighted by Gasteiger charge is 2.19. The minimum atomic E-state index is -3.49. The highest BCUT2D eigenvalue weighted by atomic mass is 35.5. The third-order valence-corrected chi connectivity index (χ3v) is 5.29. The SMILES string of the molecule is Cc1cc(C)c(S(=O)(=O)NCCCn2cc(Cl)cn2)c(C)c1. The predicted molar refractivity (Wildman–Crippen MR) is 87.7 cm³/mol. The monoisotopic (exact) mass is 341 g/mol. The Balaban J connectivity index is 2.00. The molecule has 1 N–H and O–H groups in total. The van der Waals surface area contributed by atoms with E-state index < -0.39 is 10.0 Å². The van der Waals surface area contributed by atoms with Crippen molar-refractivity contribution in [3.8, 4) is 0 Å². The Morgan fingerprint density at radius 1 is 1.23 bits per heavy atom. The first-order valence-electron chi connectivity index (χ1n) is 7.05. The van der Waals surface area contributed by atoms with Crippen molar-refractivity contribution < 1.29 is 8.42 Å². The summed E-state index contributed by atoms with van der Waals surface area (Å²) in [5.41, 5.74) is 2.59. The van der Waals surface area contributed by atoms with Gasteiger partial charge in [0, 0.05) is 19.3 Å². The van der Waals surface area contributed by atoms with Crippen molar-refractivity contribution in [3.05, 3.63) is 46.2 Å². The number of benzene rings is 1. The molecule has 0 unspecified atom stereocenters. The number of rotatable bonds is 6. The van der Waals surface area contributed by atoms with E-state index >= 15 is 0 Å². The maximum Gasteiger partial charge on any atom is 0.241 e. The van der Waals surface area contributed by atoms with E-state index in [1.165, 1.54) is 0 Å². The molecule has 0 saturated heterocycles. The van der Waals surface area contributed by atoms with Gasteiger partial charge in [0.05, 0.1) is 16.1 Å². The first-order valence-corrected chi connectivity index (χ1v) is 8.91. The van der Waals surface area contributed by atoms with Crippen molar-refractivity contribution in [2.45, 2.75) is 38.6 Å². The third-order valence-electron chi connectivity index (χ3n) is 3.33. The van der Waals surface area contributed by atoms with Crippen LogP contribution in [0.15, 0.2) is 29.4 Å². The minimum Gasteiger partial charge on any atom is -0.271 e. The van der Waals surface area contributed by atoms with Crippen LogP contribution >= 0.6 is 11.6 Å². The molecule has 0 radical (unpaired) electrons. The van der Waals surface area contributed by atoms with Crippen LogP contribution in [-0.4, -0.2) is 24.7 Å². The summed E-state index contributed by atoms with van der Waals surface area (Å²) in [5.74, 6) is 0. The van der Waals surface area contributed by atoms with Gasteiger partial charge in [0.1, 0.15) is 0 Å². The number of sulfonamides is 1. The molecule has 7 heteroatoms. The summed E-state index contributed by atoms with van der Waals surface area (Å²) in [5, 5.41) is 4.63. The Labute approximate surface area is 136 Å². The molecular weight excluding hydrogens is 322 g/mol. The Bertz CT molecular complexity index is 746. The molecule has 1 aromatic carbocycles. The zero-order chi connectivity index (χ0) is 16.3. The molecule has 1 aromatic heterocycles. The van der Waals surface area contributed by atoms with Crippen LogP contribution in [0, 0.1) is 20.8 Å². The van der Waals surface area contributed by atoms with Gasteiger partial charge >= 0.3 is 0 Å². The Kier molecular flexibility index (Phi) is 5.26.